The molecule has 1 N–H and O–H groups in total. The van der Waals surface area contributed by atoms with E-state index in [4.69, 9.17) is 4.74 Å². The molecule has 0 radical (unpaired) electrons. The second kappa shape index (κ2) is 6.77. The molecule has 2 aromatic rings. The number of halogens is 2. The number of carbonyl (C=O) groups is 1. The Kier molecular flexibility index (Phi) is 4.98. The molecule has 0 heterocycles. The lowest BCUT2D eigenvalue weighted by molar-refractivity contribution is -0.122. The average Bonchev–Trinajstić information content (AvgIpc) is 2.48. The topological polar surface area (TPSA) is 38.3 Å². The lowest BCUT2D eigenvalue weighted by atomic mass is 10.1. The van der Waals surface area contributed by atoms with Gasteiger partial charge in [0.1, 0.15) is 5.75 Å². The number of benzene rings is 2. The number of amides is 1. The monoisotopic (exact) mass is 319 g/mol. The van der Waals surface area contributed by atoms with E-state index in [1.165, 1.54) is 6.07 Å². The van der Waals surface area contributed by atoms with Crippen LogP contribution in [0.4, 0.5) is 14.5 Å². The van der Waals surface area contributed by atoms with Crippen LogP contribution >= 0.6 is 0 Å². The van der Waals surface area contributed by atoms with Gasteiger partial charge in [0, 0.05) is 11.8 Å². The molecule has 23 heavy (non-hydrogen) atoms. The van der Waals surface area contributed by atoms with Crippen molar-refractivity contribution in [2.45, 2.75) is 33.8 Å². The van der Waals surface area contributed by atoms with E-state index >= 15 is 0 Å². The first-order valence-corrected chi connectivity index (χ1v) is 7.28. The van der Waals surface area contributed by atoms with Gasteiger partial charge in [-0.15, -0.1) is 0 Å². The van der Waals surface area contributed by atoms with Gasteiger partial charge in [0.25, 0.3) is 5.91 Å². The molecule has 0 aliphatic carbocycles. The molecule has 0 unspecified atom stereocenters. The van der Waals surface area contributed by atoms with Crippen molar-refractivity contribution in [2.75, 3.05) is 5.32 Å². The minimum atomic E-state index is -1.01. The molecule has 0 spiro atoms. The quantitative estimate of drug-likeness (QED) is 0.912. The van der Waals surface area contributed by atoms with Crippen LogP contribution in [0.3, 0.4) is 0 Å². The Morgan fingerprint density at radius 2 is 1.78 bits per heavy atom. The van der Waals surface area contributed by atoms with Crippen LogP contribution in [-0.2, 0) is 4.79 Å². The molecule has 122 valence electrons. The normalized spacial score (nSPS) is 11.9. The molecule has 3 nitrogen and oxygen atoms in total. The summed E-state index contributed by atoms with van der Waals surface area (Å²) in [6.45, 7) is 7.45. The van der Waals surface area contributed by atoms with Gasteiger partial charge in [-0.05, 0) is 62.6 Å². The molecule has 2 rings (SSSR count). The van der Waals surface area contributed by atoms with Crippen LogP contribution in [0.25, 0.3) is 0 Å². The van der Waals surface area contributed by atoms with Gasteiger partial charge < -0.3 is 10.1 Å². The molecule has 0 aliphatic rings. The summed E-state index contributed by atoms with van der Waals surface area (Å²) in [7, 11) is 0. The number of anilines is 1. The molecule has 0 bridgehead atoms. The highest BCUT2D eigenvalue weighted by Crippen LogP contribution is 2.24. The maximum absolute atomic E-state index is 13.2. The number of hydrogen-bond acceptors (Lipinski definition) is 2. The van der Waals surface area contributed by atoms with Gasteiger partial charge in [-0.25, -0.2) is 8.78 Å². The summed E-state index contributed by atoms with van der Waals surface area (Å²) >= 11 is 0. The number of carbonyl (C=O) groups excluding carboxylic acids is 1. The highest BCUT2D eigenvalue weighted by atomic mass is 19.2. The molecule has 2 aromatic carbocycles. The maximum Gasteiger partial charge on any atom is 0.265 e. The lowest BCUT2D eigenvalue weighted by Crippen LogP contribution is -2.30. The Morgan fingerprint density at radius 3 is 2.43 bits per heavy atom. The van der Waals surface area contributed by atoms with Crippen molar-refractivity contribution >= 4 is 11.6 Å². The van der Waals surface area contributed by atoms with Crippen LogP contribution in [-0.4, -0.2) is 12.0 Å². The summed E-state index contributed by atoms with van der Waals surface area (Å²) in [5.74, 6) is -1.77. The largest absolute Gasteiger partial charge is 0.481 e. The average molecular weight is 319 g/mol. The zero-order valence-corrected chi connectivity index (χ0v) is 13.5. The molecule has 0 fully saturated rings. The van der Waals surface area contributed by atoms with Crippen molar-refractivity contribution in [1.82, 2.24) is 0 Å². The van der Waals surface area contributed by atoms with E-state index in [9.17, 15) is 13.6 Å². The Bertz CT molecular complexity index is 744. The minimum absolute atomic E-state index is 0.182. The van der Waals surface area contributed by atoms with Crippen LogP contribution in [0.5, 0.6) is 5.75 Å². The Labute approximate surface area is 134 Å². The van der Waals surface area contributed by atoms with Crippen LogP contribution in [0.2, 0.25) is 0 Å². The third kappa shape index (κ3) is 4.06. The predicted octanol–water partition coefficient (Wildman–Crippen LogP) is 4.30. The highest BCUT2D eigenvalue weighted by molar-refractivity contribution is 5.94. The molecular weight excluding hydrogens is 300 g/mol. The Morgan fingerprint density at radius 1 is 1.09 bits per heavy atom. The number of nitrogens with one attached hydrogen (secondary N) is 1. The molecule has 0 saturated carbocycles. The third-order valence-electron chi connectivity index (χ3n) is 3.62. The van der Waals surface area contributed by atoms with Crippen LogP contribution in [0, 0.1) is 32.4 Å². The molecular formula is C18H19F2NO2. The summed E-state index contributed by atoms with van der Waals surface area (Å²) < 4.78 is 31.8. The Hall–Kier alpha value is -2.43. The van der Waals surface area contributed by atoms with Gasteiger partial charge in [-0.2, -0.15) is 0 Å². The van der Waals surface area contributed by atoms with Gasteiger partial charge in [0.2, 0.25) is 0 Å². The lowest BCUT2D eigenvalue weighted by Gasteiger charge is -2.18. The number of aryl methyl sites for hydroxylation is 2. The van der Waals surface area contributed by atoms with Gasteiger partial charge in [-0.3, -0.25) is 4.79 Å². The molecule has 1 atom stereocenters. The SMILES string of the molecule is Cc1cc(C)c(C)c(O[C@H](C)C(=O)Nc2ccc(F)c(F)c2)c1. The summed E-state index contributed by atoms with van der Waals surface area (Å²) in [6.07, 6.45) is -0.775. The first-order valence-electron chi connectivity index (χ1n) is 7.28. The summed E-state index contributed by atoms with van der Waals surface area (Å²) in [5.41, 5.74) is 3.26. The van der Waals surface area contributed by atoms with E-state index < -0.39 is 23.6 Å². The summed E-state index contributed by atoms with van der Waals surface area (Å²) in [6, 6.07) is 7.09. The first-order chi connectivity index (χ1) is 10.8. The van der Waals surface area contributed by atoms with Crippen LogP contribution in [0.1, 0.15) is 23.6 Å². The molecule has 0 saturated heterocycles. The molecule has 1 amide bonds. The van der Waals surface area contributed by atoms with Crippen molar-refractivity contribution in [3.63, 3.8) is 0 Å². The molecule has 0 aromatic heterocycles. The van der Waals surface area contributed by atoms with Crippen molar-refractivity contribution in [3.8, 4) is 5.75 Å². The fraction of sp³-hybridized carbons (Fsp3) is 0.278. The smallest absolute Gasteiger partial charge is 0.265 e. The van der Waals surface area contributed by atoms with E-state index in [0.717, 1.165) is 28.8 Å². The van der Waals surface area contributed by atoms with Crippen molar-refractivity contribution in [1.29, 1.82) is 0 Å². The third-order valence-corrected chi connectivity index (χ3v) is 3.62. The number of rotatable bonds is 4. The summed E-state index contributed by atoms with van der Waals surface area (Å²) in [5, 5.41) is 2.51. The van der Waals surface area contributed by atoms with Gasteiger partial charge in [0.05, 0.1) is 0 Å². The van der Waals surface area contributed by atoms with Crippen molar-refractivity contribution in [3.05, 3.63) is 58.7 Å². The second-order valence-electron chi connectivity index (χ2n) is 5.58. The van der Waals surface area contributed by atoms with Gasteiger partial charge in [-0.1, -0.05) is 6.07 Å². The number of ether oxygens (including phenoxy) is 1. The van der Waals surface area contributed by atoms with Crippen LogP contribution in [0.15, 0.2) is 30.3 Å². The zero-order chi connectivity index (χ0) is 17.1. The van der Waals surface area contributed by atoms with E-state index in [2.05, 4.69) is 5.32 Å². The molecule has 5 heteroatoms. The minimum Gasteiger partial charge on any atom is -0.481 e. The van der Waals surface area contributed by atoms with E-state index in [0.29, 0.717) is 5.75 Å². The van der Waals surface area contributed by atoms with E-state index in [-0.39, 0.29) is 5.69 Å². The fourth-order valence-electron chi connectivity index (χ4n) is 2.18. The van der Waals surface area contributed by atoms with Gasteiger partial charge in [0.15, 0.2) is 17.7 Å². The maximum atomic E-state index is 13.2. The Balaban J connectivity index is 2.10. The zero-order valence-electron chi connectivity index (χ0n) is 13.5. The highest BCUT2D eigenvalue weighted by Gasteiger charge is 2.17. The number of hydrogen-bond donors (Lipinski definition) is 1. The predicted molar refractivity (Wildman–Crippen MR) is 85.7 cm³/mol. The fourth-order valence-corrected chi connectivity index (χ4v) is 2.18. The second-order valence-corrected chi connectivity index (χ2v) is 5.58. The van der Waals surface area contributed by atoms with E-state index in [1.807, 2.05) is 32.9 Å². The van der Waals surface area contributed by atoms with Gasteiger partial charge >= 0.3 is 0 Å². The van der Waals surface area contributed by atoms with Crippen molar-refractivity contribution < 1.29 is 18.3 Å². The first kappa shape index (κ1) is 16.9. The van der Waals surface area contributed by atoms with Crippen LogP contribution < -0.4 is 10.1 Å². The van der Waals surface area contributed by atoms with Crippen molar-refractivity contribution in [2.24, 2.45) is 0 Å². The molecule has 0 aliphatic heterocycles. The van der Waals surface area contributed by atoms with E-state index in [1.54, 1.807) is 6.92 Å². The standard InChI is InChI=1S/C18H19F2NO2/c1-10-7-11(2)12(3)17(8-10)23-13(4)18(22)21-14-5-6-15(19)16(20)9-14/h5-9,13H,1-4H3,(H,21,22)/t13-/m1/s1. The summed E-state index contributed by atoms with van der Waals surface area (Å²) in [4.78, 5) is 12.1.